The van der Waals surface area contributed by atoms with Crippen molar-refractivity contribution in [3.63, 3.8) is 0 Å². The standard InChI is InChI=1S/C4H5NO3.Na.H/c6-3-1-2-4(7)5(3)8;;/h8H,1-2H2;;/q;+1;-1. The zero-order valence-corrected chi connectivity index (χ0v) is 7.13. The van der Waals surface area contributed by atoms with Gasteiger partial charge in [0.2, 0.25) is 0 Å². The number of hydroxylamine groups is 2. The average molecular weight is 139 g/mol. The summed E-state index contributed by atoms with van der Waals surface area (Å²) in [6.07, 6.45) is 0.296. The van der Waals surface area contributed by atoms with E-state index in [1.165, 1.54) is 0 Å². The SMILES string of the molecule is O=C1CCC(=O)N1O.[H-].[Na+]. The van der Waals surface area contributed by atoms with Crippen molar-refractivity contribution in [3.8, 4) is 0 Å². The van der Waals surface area contributed by atoms with Gasteiger partial charge in [0.1, 0.15) is 0 Å². The number of carbonyl (C=O) groups excluding carboxylic acids is 2. The zero-order chi connectivity index (χ0) is 6.15. The van der Waals surface area contributed by atoms with Gasteiger partial charge in [-0.3, -0.25) is 14.8 Å². The number of imide groups is 1. The van der Waals surface area contributed by atoms with Crippen LogP contribution < -0.4 is 29.6 Å². The van der Waals surface area contributed by atoms with Crippen LogP contribution in [0, 0.1) is 0 Å². The normalized spacial score (nSPS) is 18.1. The molecule has 1 heterocycles. The number of amides is 2. The van der Waals surface area contributed by atoms with E-state index in [-0.39, 0.29) is 48.9 Å². The molecule has 0 bridgehead atoms. The van der Waals surface area contributed by atoms with Gasteiger partial charge in [0, 0.05) is 12.8 Å². The van der Waals surface area contributed by atoms with Gasteiger partial charge < -0.3 is 1.43 Å². The molecule has 4 nitrogen and oxygen atoms in total. The van der Waals surface area contributed by atoms with Gasteiger partial charge in [0.05, 0.1) is 0 Å². The zero-order valence-electron chi connectivity index (χ0n) is 6.13. The Morgan fingerprint density at radius 1 is 1.33 bits per heavy atom. The Morgan fingerprint density at radius 2 is 1.67 bits per heavy atom. The van der Waals surface area contributed by atoms with Crippen LogP contribution in [-0.2, 0) is 9.59 Å². The second kappa shape index (κ2) is 3.31. The van der Waals surface area contributed by atoms with Gasteiger partial charge in [-0.05, 0) is 0 Å². The Kier molecular flexibility index (Phi) is 3.35. The third-order valence-corrected chi connectivity index (χ3v) is 1.03. The van der Waals surface area contributed by atoms with Crippen LogP contribution in [0.5, 0.6) is 0 Å². The van der Waals surface area contributed by atoms with Crippen molar-refractivity contribution in [2.75, 3.05) is 0 Å². The number of carbonyl (C=O) groups is 2. The summed E-state index contributed by atoms with van der Waals surface area (Å²) >= 11 is 0. The summed E-state index contributed by atoms with van der Waals surface area (Å²) in [6, 6.07) is 0. The second-order valence-corrected chi connectivity index (χ2v) is 1.60. The van der Waals surface area contributed by atoms with Crippen LogP contribution in [0.2, 0.25) is 0 Å². The summed E-state index contributed by atoms with van der Waals surface area (Å²) in [6.45, 7) is 0. The molecule has 1 N–H and O–H groups in total. The summed E-state index contributed by atoms with van der Waals surface area (Å²) in [4.78, 5) is 20.5. The fourth-order valence-corrected chi connectivity index (χ4v) is 0.565. The van der Waals surface area contributed by atoms with Gasteiger partial charge in [0.15, 0.2) is 0 Å². The first kappa shape index (κ1) is 9.10. The molecule has 1 aliphatic rings. The first-order valence-corrected chi connectivity index (χ1v) is 2.26. The Bertz CT molecular complexity index is 135. The molecule has 0 aliphatic carbocycles. The van der Waals surface area contributed by atoms with E-state index in [0.717, 1.165) is 0 Å². The first-order chi connectivity index (χ1) is 3.72. The molecule has 0 saturated carbocycles. The molecular formula is C4H6NNaO3. The van der Waals surface area contributed by atoms with E-state index in [4.69, 9.17) is 5.21 Å². The third kappa shape index (κ3) is 1.76. The quantitative estimate of drug-likeness (QED) is 0.216. The maximum atomic E-state index is 10.2. The Labute approximate surface area is 75.6 Å². The van der Waals surface area contributed by atoms with E-state index in [2.05, 4.69) is 0 Å². The van der Waals surface area contributed by atoms with Crippen LogP contribution >= 0.6 is 0 Å². The molecule has 0 spiro atoms. The molecule has 0 unspecified atom stereocenters. The van der Waals surface area contributed by atoms with E-state index in [0.29, 0.717) is 0 Å². The van der Waals surface area contributed by atoms with Crippen molar-refractivity contribution in [1.29, 1.82) is 0 Å². The molecule has 1 fully saturated rings. The molecule has 9 heavy (non-hydrogen) atoms. The van der Waals surface area contributed by atoms with Crippen LogP contribution in [0.15, 0.2) is 0 Å². The van der Waals surface area contributed by atoms with Gasteiger partial charge in [-0.1, -0.05) is 0 Å². The molecule has 0 aromatic carbocycles. The average Bonchev–Trinajstić information content (AvgIpc) is 1.98. The number of nitrogens with zero attached hydrogens (tertiary/aromatic N) is 1. The number of hydrogen-bond acceptors (Lipinski definition) is 3. The topological polar surface area (TPSA) is 57.6 Å². The molecule has 1 rings (SSSR count). The summed E-state index contributed by atoms with van der Waals surface area (Å²) in [5.41, 5.74) is 0. The third-order valence-electron chi connectivity index (χ3n) is 1.03. The molecule has 0 aromatic heterocycles. The predicted molar refractivity (Wildman–Crippen MR) is 24.0 cm³/mol. The van der Waals surface area contributed by atoms with Crippen molar-refractivity contribution < 1.29 is 45.8 Å². The van der Waals surface area contributed by atoms with Crippen molar-refractivity contribution in [1.82, 2.24) is 5.06 Å². The minimum absolute atomic E-state index is 0. The van der Waals surface area contributed by atoms with Gasteiger partial charge >= 0.3 is 29.6 Å². The van der Waals surface area contributed by atoms with Crippen LogP contribution in [-0.4, -0.2) is 22.1 Å². The largest absolute Gasteiger partial charge is 1.00 e. The molecule has 46 valence electrons. The molecule has 2 amide bonds. The summed E-state index contributed by atoms with van der Waals surface area (Å²) in [7, 11) is 0. The van der Waals surface area contributed by atoms with Gasteiger partial charge in [-0.15, -0.1) is 0 Å². The van der Waals surface area contributed by atoms with E-state index < -0.39 is 11.8 Å². The first-order valence-electron chi connectivity index (χ1n) is 2.26. The van der Waals surface area contributed by atoms with E-state index in [1.54, 1.807) is 0 Å². The van der Waals surface area contributed by atoms with Crippen molar-refractivity contribution in [2.24, 2.45) is 0 Å². The smallest absolute Gasteiger partial charge is 1.00 e. The van der Waals surface area contributed by atoms with Crippen LogP contribution in [0.3, 0.4) is 0 Å². The summed E-state index contributed by atoms with van der Waals surface area (Å²) in [5.74, 6) is -1.01. The molecule has 1 saturated heterocycles. The molecule has 1 aliphatic heterocycles. The summed E-state index contributed by atoms with van der Waals surface area (Å²) < 4.78 is 0. The maximum Gasteiger partial charge on any atom is 1.00 e. The van der Waals surface area contributed by atoms with Gasteiger partial charge in [-0.25, -0.2) is 0 Å². The van der Waals surface area contributed by atoms with Crippen LogP contribution in [0.25, 0.3) is 0 Å². The van der Waals surface area contributed by atoms with Crippen LogP contribution in [0.4, 0.5) is 0 Å². The molecule has 0 atom stereocenters. The number of rotatable bonds is 0. The minimum atomic E-state index is -0.505. The van der Waals surface area contributed by atoms with E-state index in [9.17, 15) is 9.59 Å². The second-order valence-electron chi connectivity index (χ2n) is 1.60. The Hall–Kier alpha value is 0.1000. The predicted octanol–water partition coefficient (Wildman–Crippen LogP) is -3.36. The molecular weight excluding hydrogens is 133 g/mol. The maximum absolute atomic E-state index is 10.2. The molecule has 0 aromatic rings. The van der Waals surface area contributed by atoms with E-state index in [1.807, 2.05) is 0 Å². The van der Waals surface area contributed by atoms with Crippen molar-refractivity contribution >= 4 is 11.8 Å². The van der Waals surface area contributed by atoms with Gasteiger partial charge in [0.25, 0.3) is 11.8 Å². The summed E-state index contributed by atoms with van der Waals surface area (Å²) in [5, 5.41) is 8.57. The Morgan fingerprint density at radius 3 is 1.78 bits per heavy atom. The fraction of sp³-hybridized carbons (Fsp3) is 0.500. The molecule has 0 radical (unpaired) electrons. The fourth-order valence-electron chi connectivity index (χ4n) is 0.565. The Balaban J connectivity index is 0. The minimum Gasteiger partial charge on any atom is -1.00 e. The van der Waals surface area contributed by atoms with Crippen molar-refractivity contribution in [2.45, 2.75) is 12.8 Å². The van der Waals surface area contributed by atoms with Crippen molar-refractivity contribution in [3.05, 3.63) is 0 Å². The van der Waals surface area contributed by atoms with Crippen LogP contribution in [0.1, 0.15) is 14.3 Å². The number of hydrogen-bond donors (Lipinski definition) is 1. The van der Waals surface area contributed by atoms with Gasteiger partial charge in [-0.2, -0.15) is 5.06 Å². The van der Waals surface area contributed by atoms with E-state index >= 15 is 0 Å². The molecule has 5 heteroatoms. The monoisotopic (exact) mass is 139 g/mol.